The van der Waals surface area contributed by atoms with Crippen LogP contribution in [0.3, 0.4) is 0 Å². The molecule has 0 aliphatic carbocycles. The van der Waals surface area contributed by atoms with Crippen LogP contribution in [-0.4, -0.2) is 37.9 Å². The fourth-order valence-corrected chi connectivity index (χ4v) is 2.98. The van der Waals surface area contributed by atoms with Crippen LogP contribution in [0.15, 0.2) is 24.3 Å². The van der Waals surface area contributed by atoms with Gasteiger partial charge in [0, 0.05) is 30.9 Å². The molecule has 6 nitrogen and oxygen atoms in total. The third-order valence-corrected chi connectivity index (χ3v) is 4.36. The predicted molar refractivity (Wildman–Crippen MR) is 64.0 cm³/mol. The van der Waals surface area contributed by atoms with Crippen LogP contribution < -0.4 is 4.90 Å². The summed E-state index contributed by atoms with van der Waals surface area (Å²) >= 11 is 0. The lowest BCUT2D eigenvalue weighted by Crippen LogP contribution is -2.40. The van der Waals surface area contributed by atoms with Crippen molar-refractivity contribution in [2.45, 2.75) is 0 Å². The molecule has 17 heavy (non-hydrogen) atoms. The summed E-state index contributed by atoms with van der Waals surface area (Å²) < 4.78 is 22.5. The maximum absolute atomic E-state index is 11.3. The number of nitrogens with zero attached hydrogens (tertiary/aromatic N) is 2. The van der Waals surface area contributed by atoms with Crippen LogP contribution in [0.4, 0.5) is 11.4 Å². The summed E-state index contributed by atoms with van der Waals surface area (Å²) in [5.74, 6) is 0.214. The Labute approximate surface area is 98.9 Å². The molecule has 1 aromatic rings. The second kappa shape index (κ2) is 4.33. The van der Waals surface area contributed by atoms with Crippen molar-refractivity contribution in [3.8, 4) is 0 Å². The van der Waals surface area contributed by atoms with Gasteiger partial charge in [0.1, 0.15) is 0 Å². The second-order valence-electron chi connectivity index (χ2n) is 3.92. The number of nitro groups is 1. The molecule has 0 saturated carbocycles. The first kappa shape index (κ1) is 11.8. The Morgan fingerprint density at radius 1 is 1.24 bits per heavy atom. The van der Waals surface area contributed by atoms with Gasteiger partial charge in [-0.3, -0.25) is 10.1 Å². The minimum Gasteiger partial charge on any atom is -0.369 e. The van der Waals surface area contributed by atoms with E-state index in [0.29, 0.717) is 18.8 Å². The van der Waals surface area contributed by atoms with Crippen LogP contribution in [0.5, 0.6) is 0 Å². The van der Waals surface area contributed by atoms with Crippen LogP contribution in [0.25, 0.3) is 0 Å². The lowest BCUT2D eigenvalue weighted by molar-refractivity contribution is -0.384. The largest absolute Gasteiger partial charge is 0.369 e. The Morgan fingerprint density at radius 2 is 1.88 bits per heavy atom. The minimum absolute atomic E-state index is 0.0240. The molecule has 1 fully saturated rings. The van der Waals surface area contributed by atoms with Gasteiger partial charge in [0.2, 0.25) is 0 Å². The first-order chi connectivity index (χ1) is 7.98. The Morgan fingerprint density at radius 3 is 2.47 bits per heavy atom. The van der Waals surface area contributed by atoms with Crippen molar-refractivity contribution < 1.29 is 13.3 Å². The van der Waals surface area contributed by atoms with E-state index in [1.165, 1.54) is 12.1 Å². The zero-order valence-corrected chi connectivity index (χ0v) is 9.89. The van der Waals surface area contributed by atoms with E-state index < -0.39 is 14.8 Å². The second-order valence-corrected chi connectivity index (χ2v) is 6.22. The number of rotatable bonds is 2. The Kier molecular flexibility index (Phi) is 3.01. The maximum Gasteiger partial charge on any atom is 0.271 e. The Balaban J connectivity index is 2.18. The summed E-state index contributed by atoms with van der Waals surface area (Å²) in [6.07, 6.45) is 0. The molecule has 7 heteroatoms. The fraction of sp³-hybridized carbons (Fsp3) is 0.400. The Hall–Kier alpha value is -1.63. The standard InChI is InChI=1S/C10H12N2O4S/c13-12(14)10-3-1-2-9(8-10)11-4-6-17(15,16)7-5-11/h1-3,8H,4-7H2. The molecule has 0 atom stereocenters. The lowest BCUT2D eigenvalue weighted by atomic mass is 10.2. The first-order valence-corrected chi connectivity index (χ1v) is 7.00. The van der Waals surface area contributed by atoms with E-state index >= 15 is 0 Å². The van der Waals surface area contributed by atoms with Crippen LogP contribution in [0.1, 0.15) is 0 Å². The molecule has 0 N–H and O–H groups in total. The highest BCUT2D eigenvalue weighted by molar-refractivity contribution is 7.91. The SMILES string of the molecule is O=[N+]([O-])c1cccc(N2CCS(=O)(=O)CC2)c1. The van der Waals surface area contributed by atoms with Crippen LogP contribution in [-0.2, 0) is 9.84 Å². The number of anilines is 1. The molecule has 0 spiro atoms. The summed E-state index contributed by atoms with van der Waals surface area (Å²) in [5.41, 5.74) is 0.727. The zero-order valence-electron chi connectivity index (χ0n) is 9.07. The van der Waals surface area contributed by atoms with Crippen LogP contribution in [0.2, 0.25) is 0 Å². The molecule has 2 rings (SSSR count). The monoisotopic (exact) mass is 256 g/mol. The zero-order chi connectivity index (χ0) is 12.5. The normalized spacial score (nSPS) is 18.9. The quantitative estimate of drug-likeness (QED) is 0.578. The van der Waals surface area contributed by atoms with Crippen molar-refractivity contribution >= 4 is 21.2 Å². The van der Waals surface area contributed by atoms with Gasteiger partial charge in [-0.15, -0.1) is 0 Å². The van der Waals surface area contributed by atoms with Crippen molar-refractivity contribution in [2.24, 2.45) is 0 Å². The van der Waals surface area contributed by atoms with Gasteiger partial charge in [-0.2, -0.15) is 0 Å². The highest BCUT2D eigenvalue weighted by Crippen LogP contribution is 2.22. The number of nitro benzene ring substituents is 1. The number of hydrogen-bond donors (Lipinski definition) is 0. The van der Waals surface area contributed by atoms with Crippen molar-refractivity contribution in [3.63, 3.8) is 0 Å². The smallest absolute Gasteiger partial charge is 0.271 e. The molecular formula is C10H12N2O4S. The predicted octanol–water partition coefficient (Wildman–Crippen LogP) is 0.830. The van der Waals surface area contributed by atoms with Crippen LogP contribution >= 0.6 is 0 Å². The molecule has 0 aromatic heterocycles. The molecule has 1 saturated heterocycles. The number of sulfone groups is 1. The Bertz CT molecular complexity index is 527. The highest BCUT2D eigenvalue weighted by atomic mass is 32.2. The van der Waals surface area contributed by atoms with Crippen molar-refractivity contribution in [3.05, 3.63) is 34.4 Å². The minimum atomic E-state index is -2.93. The third-order valence-electron chi connectivity index (χ3n) is 2.75. The highest BCUT2D eigenvalue weighted by Gasteiger charge is 2.22. The van der Waals surface area contributed by atoms with E-state index in [4.69, 9.17) is 0 Å². The van der Waals surface area contributed by atoms with Crippen molar-refractivity contribution in [1.29, 1.82) is 0 Å². The summed E-state index contributed by atoms with van der Waals surface area (Å²) in [6, 6.07) is 6.25. The van der Waals surface area contributed by atoms with Gasteiger partial charge in [-0.05, 0) is 6.07 Å². The topological polar surface area (TPSA) is 80.5 Å². The van der Waals surface area contributed by atoms with E-state index in [-0.39, 0.29) is 17.2 Å². The average Bonchev–Trinajstić information content (AvgIpc) is 2.29. The van der Waals surface area contributed by atoms with E-state index in [0.717, 1.165) is 0 Å². The molecule has 1 aliphatic heterocycles. The molecule has 0 amide bonds. The van der Waals surface area contributed by atoms with Gasteiger partial charge in [0.25, 0.3) is 5.69 Å². The van der Waals surface area contributed by atoms with E-state index in [1.54, 1.807) is 12.1 Å². The van der Waals surface area contributed by atoms with Gasteiger partial charge >= 0.3 is 0 Å². The van der Waals surface area contributed by atoms with Gasteiger partial charge < -0.3 is 4.90 Å². The molecule has 0 radical (unpaired) electrons. The average molecular weight is 256 g/mol. The maximum atomic E-state index is 11.3. The number of benzene rings is 1. The first-order valence-electron chi connectivity index (χ1n) is 5.18. The molecule has 1 aliphatic rings. The van der Waals surface area contributed by atoms with Crippen molar-refractivity contribution in [2.75, 3.05) is 29.5 Å². The molecule has 92 valence electrons. The lowest BCUT2D eigenvalue weighted by Gasteiger charge is -2.28. The van der Waals surface area contributed by atoms with E-state index in [9.17, 15) is 18.5 Å². The third kappa shape index (κ3) is 2.73. The van der Waals surface area contributed by atoms with Gasteiger partial charge in [0.15, 0.2) is 9.84 Å². The molecule has 1 aromatic carbocycles. The molecule has 0 bridgehead atoms. The van der Waals surface area contributed by atoms with E-state index in [1.807, 2.05) is 4.90 Å². The van der Waals surface area contributed by atoms with Gasteiger partial charge in [0.05, 0.1) is 16.4 Å². The summed E-state index contributed by atoms with van der Waals surface area (Å²) in [7, 11) is -2.93. The molecule has 1 heterocycles. The van der Waals surface area contributed by atoms with Crippen LogP contribution in [0, 0.1) is 10.1 Å². The van der Waals surface area contributed by atoms with E-state index in [2.05, 4.69) is 0 Å². The molecule has 0 unspecified atom stereocenters. The van der Waals surface area contributed by atoms with Gasteiger partial charge in [-0.1, -0.05) is 6.07 Å². The number of hydrogen-bond acceptors (Lipinski definition) is 5. The molecular weight excluding hydrogens is 244 g/mol. The van der Waals surface area contributed by atoms with Crippen molar-refractivity contribution in [1.82, 2.24) is 0 Å². The fourth-order valence-electron chi connectivity index (χ4n) is 1.77. The number of non-ortho nitro benzene ring substituents is 1. The summed E-state index contributed by atoms with van der Waals surface area (Å²) in [6.45, 7) is 0.785. The summed E-state index contributed by atoms with van der Waals surface area (Å²) in [5, 5.41) is 10.6. The van der Waals surface area contributed by atoms with Gasteiger partial charge in [-0.25, -0.2) is 8.42 Å². The summed E-state index contributed by atoms with van der Waals surface area (Å²) in [4.78, 5) is 12.0.